The Bertz CT molecular complexity index is 684. The zero-order valence-corrected chi connectivity index (χ0v) is 12.1. The van der Waals surface area contributed by atoms with E-state index in [1.165, 1.54) is 0 Å². The highest BCUT2D eigenvalue weighted by Crippen LogP contribution is 2.30. The summed E-state index contributed by atoms with van der Waals surface area (Å²) >= 11 is 0. The Kier molecular flexibility index (Phi) is 3.55. The third-order valence-corrected chi connectivity index (χ3v) is 4.31. The second kappa shape index (κ2) is 5.37. The number of fused-ring (bicyclic) bond motifs is 1. The molecule has 0 aromatic heterocycles. The molecule has 0 aliphatic carbocycles. The van der Waals surface area contributed by atoms with Crippen LogP contribution in [0.2, 0.25) is 0 Å². The lowest BCUT2D eigenvalue weighted by atomic mass is 9.97. The minimum atomic E-state index is -0.113. The number of hydrogen-bond donors (Lipinski definition) is 2. The van der Waals surface area contributed by atoms with Crippen LogP contribution in [-0.4, -0.2) is 34.5 Å². The Morgan fingerprint density at radius 1 is 1.29 bits per heavy atom. The third-order valence-electron chi connectivity index (χ3n) is 4.31. The molecule has 21 heavy (non-hydrogen) atoms. The van der Waals surface area contributed by atoms with Gasteiger partial charge < -0.3 is 15.7 Å². The first-order valence-corrected chi connectivity index (χ1v) is 7.35. The number of benzene rings is 2. The van der Waals surface area contributed by atoms with Crippen LogP contribution in [0.3, 0.4) is 0 Å². The number of phenolic OH excluding ortho intramolecular Hbond substituents is 1. The van der Waals surface area contributed by atoms with Gasteiger partial charge in [-0.2, -0.15) is 0 Å². The van der Waals surface area contributed by atoms with Gasteiger partial charge in [0.15, 0.2) is 0 Å². The Labute approximate surface area is 124 Å². The quantitative estimate of drug-likeness (QED) is 0.845. The number of likely N-dealkylation sites (tertiary alicyclic amines) is 1. The number of rotatable bonds is 1. The highest BCUT2D eigenvalue weighted by molar-refractivity contribution is 6.03. The van der Waals surface area contributed by atoms with Crippen molar-refractivity contribution in [1.82, 2.24) is 4.90 Å². The lowest BCUT2D eigenvalue weighted by Gasteiger charge is -2.36. The fourth-order valence-electron chi connectivity index (χ4n) is 3.09. The highest BCUT2D eigenvalue weighted by Gasteiger charge is 2.29. The average Bonchev–Trinajstić information content (AvgIpc) is 2.47. The van der Waals surface area contributed by atoms with Gasteiger partial charge in [-0.15, -0.1) is 0 Å². The molecule has 3 N–H and O–H groups in total. The first kappa shape index (κ1) is 13.9. The van der Waals surface area contributed by atoms with Crippen LogP contribution >= 0.6 is 0 Å². The molecule has 1 aliphatic heterocycles. The van der Waals surface area contributed by atoms with Crippen molar-refractivity contribution in [2.45, 2.75) is 31.8 Å². The summed E-state index contributed by atoms with van der Waals surface area (Å²) < 4.78 is 0. The third kappa shape index (κ3) is 2.47. The van der Waals surface area contributed by atoms with Crippen LogP contribution in [0.5, 0.6) is 5.75 Å². The molecule has 2 unspecified atom stereocenters. The highest BCUT2D eigenvalue weighted by atomic mass is 16.3. The predicted molar refractivity (Wildman–Crippen MR) is 83.3 cm³/mol. The smallest absolute Gasteiger partial charge is 0.257 e. The zero-order valence-electron chi connectivity index (χ0n) is 12.1. The summed E-state index contributed by atoms with van der Waals surface area (Å²) in [6.45, 7) is 2.66. The van der Waals surface area contributed by atoms with E-state index in [1.807, 2.05) is 42.2 Å². The van der Waals surface area contributed by atoms with Crippen molar-refractivity contribution >= 4 is 16.7 Å². The largest absolute Gasteiger partial charge is 0.506 e. The number of nitrogens with two attached hydrogens (primary N) is 1. The maximum absolute atomic E-state index is 12.7. The number of hydrogen-bond acceptors (Lipinski definition) is 3. The molecule has 0 saturated carbocycles. The van der Waals surface area contributed by atoms with Crippen molar-refractivity contribution in [2.24, 2.45) is 5.73 Å². The van der Waals surface area contributed by atoms with Crippen molar-refractivity contribution in [2.75, 3.05) is 6.54 Å². The van der Waals surface area contributed by atoms with Gasteiger partial charge in [-0.1, -0.05) is 30.3 Å². The summed E-state index contributed by atoms with van der Waals surface area (Å²) in [5.74, 6) is -0.0437. The molecule has 2 aromatic carbocycles. The van der Waals surface area contributed by atoms with Crippen LogP contribution in [-0.2, 0) is 0 Å². The minimum absolute atomic E-state index is 0.0696. The molecule has 2 aromatic rings. The monoisotopic (exact) mass is 284 g/mol. The normalized spacial score (nSPS) is 22.5. The second-order valence-corrected chi connectivity index (χ2v) is 5.81. The van der Waals surface area contributed by atoms with Crippen molar-refractivity contribution in [1.29, 1.82) is 0 Å². The maximum atomic E-state index is 12.7. The van der Waals surface area contributed by atoms with E-state index < -0.39 is 0 Å². The first-order chi connectivity index (χ1) is 10.1. The SMILES string of the molecule is CC1CC(N)CCN1C(=O)c1ccc2ccccc2c1O. The molecule has 1 saturated heterocycles. The molecule has 0 bridgehead atoms. The van der Waals surface area contributed by atoms with E-state index >= 15 is 0 Å². The van der Waals surface area contributed by atoms with Crippen molar-refractivity contribution in [3.8, 4) is 5.75 Å². The average molecular weight is 284 g/mol. The van der Waals surface area contributed by atoms with Crippen LogP contribution in [0.4, 0.5) is 0 Å². The van der Waals surface area contributed by atoms with Gasteiger partial charge in [-0.05, 0) is 31.2 Å². The number of carbonyl (C=O) groups is 1. The fourth-order valence-corrected chi connectivity index (χ4v) is 3.09. The van der Waals surface area contributed by atoms with Gasteiger partial charge in [0.05, 0.1) is 5.56 Å². The van der Waals surface area contributed by atoms with Crippen molar-refractivity contribution in [3.05, 3.63) is 42.0 Å². The summed E-state index contributed by atoms with van der Waals surface area (Å²) in [6, 6.07) is 11.4. The van der Waals surface area contributed by atoms with Gasteiger partial charge in [0, 0.05) is 24.0 Å². The molecule has 4 heteroatoms. The molecule has 3 rings (SSSR count). The molecule has 4 nitrogen and oxygen atoms in total. The van der Waals surface area contributed by atoms with Gasteiger partial charge in [0.25, 0.3) is 5.91 Å². The van der Waals surface area contributed by atoms with Gasteiger partial charge in [0.1, 0.15) is 5.75 Å². The van der Waals surface area contributed by atoms with E-state index in [1.54, 1.807) is 6.07 Å². The molecule has 2 atom stereocenters. The minimum Gasteiger partial charge on any atom is -0.506 e. The Hall–Kier alpha value is -2.07. The Balaban J connectivity index is 1.96. The summed E-state index contributed by atoms with van der Waals surface area (Å²) in [6.07, 6.45) is 1.62. The van der Waals surface area contributed by atoms with Crippen LogP contribution in [0, 0.1) is 0 Å². The number of nitrogens with zero attached hydrogens (tertiary/aromatic N) is 1. The molecule has 110 valence electrons. The summed E-state index contributed by atoms with van der Waals surface area (Å²) in [5, 5.41) is 12.1. The van der Waals surface area contributed by atoms with E-state index in [0.717, 1.165) is 18.2 Å². The second-order valence-electron chi connectivity index (χ2n) is 5.81. The number of amides is 1. The fraction of sp³-hybridized carbons (Fsp3) is 0.353. The van der Waals surface area contributed by atoms with Gasteiger partial charge >= 0.3 is 0 Å². The first-order valence-electron chi connectivity index (χ1n) is 7.35. The number of aromatic hydroxyl groups is 1. The molecule has 1 aliphatic rings. The summed E-state index contributed by atoms with van der Waals surface area (Å²) in [4.78, 5) is 14.5. The number of carbonyl (C=O) groups excluding carboxylic acids is 1. The predicted octanol–water partition coefficient (Wildman–Crippen LogP) is 2.50. The van der Waals surface area contributed by atoms with Gasteiger partial charge in [0.2, 0.25) is 0 Å². The van der Waals surface area contributed by atoms with Crippen molar-refractivity contribution in [3.63, 3.8) is 0 Å². The topological polar surface area (TPSA) is 66.6 Å². The number of piperidine rings is 1. The molecule has 0 radical (unpaired) electrons. The van der Waals surface area contributed by atoms with Crippen molar-refractivity contribution < 1.29 is 9.90 Å². The lowest BCUT2D eigenvalue weighted by molar-refractivity contribution is 0.0616. The summed E-state index contributed by atoms with van der Waals surface area (Å²) in [7, 11) is 0. The van der Waals surface area contributed by atoms with E-state index in [2.05, 4.69) is 0 Å². The molecule has 1 amide bonds. The molecular formula is C17H20N2O2. The number of phenols is 1. The summed E-state index contributed by atoms with van der Waals surface area (Å²) in [5.41, 5.74) is 6.31. The Morgan fingerprint density at radius 2 is 2.05 bits per heavy atom. The maximum Gasteiger partial charge on any atom is 0.257 e. The lowest BCUT2D eigenvalue weighted by Crippen LogP contribution is -2.48. The molecule has 0 spiro atoms. The van der Waals surface area contributed by atoms with E-state index in [-0.39, 0.29) is 23.7 Å². The molecular weight excluding hydrogens is 264 g/mol. The van der Waals surface area contributed by atoms with E-state index in [4.69, 9.17) is 5.73 Å². The van der Waals surface area contributed by atoms with Crippen LogP contribution in [0.15, 0.2) is 36.4 Å². The van der Waals surface area contributed by atoms with E-state index in [9.17, 15) is 9.90 Å². The standard InChI is InChI=1S/C17H20N2O2/c1-11-10-13(18)8-9-19(11)17(21)15-7-6-12-4-2-3-5-14(12)16(15)20/h2-7,11,13,20H,8-10,18H2,1H3. The molecule has 1 fully saturated rings. The van der Waals surface area contributed by atoms with Gasteiger partial charge in [-0.25, -0.2) is 0 Å². The van der Waals surface area contributed by atoms with Crippen LogP contribution in [0.1, 0.15) is 30.1 Å². The van der Waals surface area contributed by atoms with E-state index in [0.29, 0.717) is 17.5 Å². The van der Waals surface area contributed by atoms with Gasteiger partial charge in [-0.3, -0.25) is 4.79 Å². The van der Waals surface area contributed by atoms with Crippen LogP contribution in [0.25, 0.3) is 10.8 Å². The Morgan fingerprint density at radius 3 is 2.81 bits per heavy atom. The molecule has 1 heterocycles. The zero-order chi connectivity index (χ0) is 15.0. The van der Waals surface area contributed by atoms with Crippen LogP contribution < -0.4 is 5.73 Å².